The van der Waals surface area contributed by atoms with Gasteiger partial charge in [-0.15, -0.1) is 0 Å². The quantitative estimate of drug-likeness (QED) is 0.903. The second-order valence-corrected chi connectivity index (χ2v) is 6.23. The molecular weight excluding hydrogens is 309 g/mol. The maximum absolute atomic E-state index is 6.04. The molecule has 1 saturated heterocycles. The highest BCUT2D eigenvalue weighted by Crippen LogP contribution is 2.35. The Morgan fingerprint density at radius 1 is 1.33 bits per heavy atom. The second-order valence-electron chi connectivity index (χ2n) is 5.41. The average molecular weight is 326 g/mol. The summed E-state index contributed by atoms with van der Waals surface area (Å²) in [5, 5.41) is 8.64. The standard InChI is InChI=1S/C15H17Cl2N3O/c1-2-6-15(7-3-8-18-15)14-19-13(20-21-14)10-4-5-11(16)12(17)9-10/h4-5,9,18H,2-3,6-8H2,1H3. The molecule has 2 heterocycles. The first kappa shape index (κ1) is 14.8. The first-order chi connectivity index (χ1) is 10.1. The highest BCUT2D eigenvalue weighted by atomic mass is 35.5. The van der Waals surface area contributed by atoms with Crippen LogP contribution in [0.4, 0.5) is 0 Å². The first-order valence-corrected chi connectivity index (χ1v) is 7.95. The molecule has 1 atom stereocenters. The summed E-state index contributed by atoms with van der Waals surface area (Å²) in [7, 11) is 0. The van der Waals surface area contributed by atoms with Gasteiger partial charge in [-0.1, -0.05) is 41.7 Å². The van der Waals surface area contributed by atoms with Crippen LogP contribution < -0.4 is 5.32 Å². The molecule has 21 heavy (non-hydrogen) atoms. The lowest BCUT2D eigenvalue weighted by molar-refractivity contribution is 0.241. The monoisotopic (exact) mass is 325 g/mol. The number of benzene rings is 1. The van der Waals surface area contributed by atoms with Gasteiger partial charge in [-0.05, 0) is 44.0 Å². The van der Waals surface area contributed by atoms with E-state index in [1.807, 2.05) is 6.07 Å². The van der Waals surface area contributed by atoms with E-state index in [2.05, 4.69) is 22.4 Å². The molecule has 1 fully saturated rings. The summed E-state index contributed by atoms with van der Waals surface area (Å²) in [5.74, 6) is 1.22. The third-order valence-electron chi connectivity index (χ3n) is 3.93. The summed E-state index contributed by atoms with van der Waals surface area (Å²) in [6, 6.07) is 5.34. The minimum atomic E-state index is -0.170. The molecule has 1 aromatic heterocycles. The van der Waals surface area contributed by atoms with Gasteiger partial charge >= 0.3 is 0 Å². The molecular formula is C15H17Cl2N3O. The van der Waals surface area contributed by atoms with Crippen molar-refractivity contribution in [2.24, 2.45) is 0 Å². The van der Waals surface area contributed by atoms with Crippen molar-refractivity contribution in [1.29, 1.82) is 0 Å². The van der Waals surface area contributed by atoms with Crippen molar-refractivity contribution in [3.63, 3.8) is 0 Å². The van der Waals surface area contributed by atoms with Crippen LogP contribution in [0.3, 0.4) is 0 Å². The van der Waals surface area contributed by atoms with Crippen LogP contribution >= 0.6 is 23.2 Å². The minimum Gasteiger partial charge on any atom is -0.337 e. The Kier molecular flexibility index (Phi) is 4.20. The van der Waals surface area contributed by atoms with Gasteiger partial charge in [0.2, 0.25) is 11.7 Å². The number of rotatable bonds is 4. The van der Waals surface area contributed by atoms with Gasteiger partial charge in [-0.3, -0.25) is 0 Å². The first-order valence-electron chi connectivity index (χ1n) is 7.19. The van der Waals surface area contributed by atoms with Crippen molar-refractivity contribution in [3.8, 4) is 11.4 Å². The van der Waals surface area contributed by atoms with Crippen molar-refractivity contribution in [2.75, 3.05) is 6.54 Å². The summed E-state index contributed by atoms with van der Waals surface area (Å²) in [6.45, 7) is 3.16. The second kappa shape index (κ2) is 5.95. The average Bonchev–Trinajstić information content (AvgIpc) is 3.12. The molecule has 0 amide bonds. The van der Waals surface area contributed by atoms with Crippen molar-refractivity contribution >= 4 is 23.2 Å². The number of nitrogens with one attached hydrogen (secondary N) is 1. The van der Waals surface area contributed by atoms with Crippen LogP contribution in [-0.4, -0.2) is 16.7 Å². The Morgan fingerprint density at radius 3 is 2.86 bits per heavy atom. The molecule has 1 aliphatic heterocycles. The van der Waals surface area contributed by atoms with Crippen LogP contribution in [0.25, 0.3) is 11.4 Å². The molecule has 0 bridgehead atoms. The number of halogens is 2. The van der Waals surface area contributed by atoms with Crippen LogP contribution in [0.15, 0.2) is 22.7 Å². The fourth-order valence-corrected chi connectivity index (χ4v) is 3.20. The summed E-state index contributed by atoms with van der Waals surface area (Å²) in [6.07, 6.45) is 4.22. The summed E-state index contributed by atoms with van der Waals surface area (Å²) >= 11 is 12.0. The molecule has 1 N–H and O–H groups in total. The maximum Gasteiger partial charge on any atom is 0.247 e. The largest absolute Gasteiger partial charge is 0.337 e. The SMILES string of the molecule is CCCC1(c2nc(-c3ccc(Cl)c(Cl)c3)no2)CCCN1. The molecule has 1 aromatic carbocycles. The molecule has 6 heteroatoms. The summed E-state index contributed by atoms with van der Waals surface area (Å²) in [5.41, 5.74) is 0.639. The van der Waals surface area contributed by atoms with Gasteiger partial charge in [0.25, 0.3) is 0 Å². The third kappa shape index (κ3) is 2.80. The Balaban J connectivity index is 1.93. The van der Waals surface area contributed by atoms with Crippen molar-refractivity contribution in [3.05, 3.63) is 34.1 Å². The lowest BCUT2D eigenvalue weighted by Crippen LogP contribution is -2.36. The number of hydrogen-bond donors (Lipinski definition) is 1. The number of hydrogen-bond acceptors (Lipinski definition) is 4. The van der Waals surface area contributed by atoms with Gasteiger partial charge in [0.05, 0.1) is 15.6 Å². The van der Waals surface area contributed by atoms with E-state index in [0.717, 1.165) is 37.8 Å². The normalized spacial score (nSPS) is 21.9. The van der Waals surface area contributed by atoms with Crippen molar-refractivity contribution in [2.45, 2.75) is 38.1 Å². The zero-order valence-corrected chi connectivity index (χ0v) is 13.3. The molecule has 0 saturated carbocycles. The van der Waals surface area contributed by atoms with Crippen LogP contribution in [0, 0.1) is 0 Å². The lowest BCUT2D eigenvalue weighted by Gasteiger charge is -2.24. The topological polar surface area (TPSA) is 51.0 Å². The zero-order chi connectivity index (χ0) is 14.9. The molecule has 0 spiro atoms. The van der Waals surface area contributed by atoms with E-state index in [4.69, 9.17) is 27.7 Å². The van der Waals surface area contributed by atoms with Crippen LogP contribution in [-0.2, 0) is 5.54 Å². The predicted molar refractivity (Wildman–Crippen MR) is 83.6 cm³/mol. The lowest BCUT2D eigenvalue weighted by atomic mass is 9.92. The Hall–Kier alpha value is -1.10. The molecule has 2 aromatic rings. The Bertz CT molecular complexity index is 636. The fourth-order valence-electron chi connectivity index (χ4n) is 2.91. The van der Waals surface area contributed by atoms with Crippen molar-refractivity contribution < 1.29 is 4.52 Å². The van der Waals surface area contributed by atoms with E-state index < -0.39 is 0 Å². The van der Waals surface area contributed by atoms with E-state index in [0.29, 0.717) is 21.8 Å². The number of nitrogens with zero attached hydrogens (tertiary/aromatic N) is 2. The van der Waals surface area contributed by atoms with Crippen LogP contribution in [0.2, 0.25) is 10.0 Å². The van der Waals surface area contributed by atoms with E-state index >= 15 is 0 Å². The van der Waals surface area contributed by atoms with E-state index in [-0.39, 0.29) is 5.54 Å². The molecule has 1 aliphatic rings. The third-order valence-corrected chi connectivity index (χ3v) is 4.67. The molecule has 4 nitrogen and oxygen atoms in total. The highest BCUT2D eigenvalue weighted by Gasteiger charge is 2.39. The molecule has 0 radical (unpaired) electrons. The highest BCUT2D eigenvalue weighted by molar-refractivity contribution is 6.42. The zero-order valence-electron chi connectivity index (χ0n) is 11.8. The maximum atomic E-state index is 6.04. The van der Waals surface area contributed by atoms with Crippen LogP contribution in [0.1, 0.15) is 38.5 Å². The Morgan fingerprint density at radius 2 is 2.19 bits per heavy atom. The molecule has 0 aliphatic carbocycles. The van der Waals surface area contributed by atoms with Crippen LogP contribution in [0.5, 0.6) is 0 Å². The van der Waals surface area contributed by atoms with Gasteiger partial charge in [0.15, 0.2) is 0 Å². The van der Waals surface area contributed by atoms with E-state index in [1.54, 1.807) is 12.1 Å². The number of aromatic nitrogens is 2. The molecule has 1 unspecified atom stereocenters. The minimum absolute atomic E-state index is 0.170. The Labute approximate surface area is 133 Å². The van der Waals surface area contributed by atoms with Gasteiger partial charge in [-0.2, -0.15) is 4.98 Å². The summed E-state index contributed by atoms with van der Waals surface area (Å²) < 4.78 is 5.53. The van der Waals surface area contributed by atoms with Gasteiger partial charge in [0, 0.05) is 5.56 Å². The fraction of sp³-hybridized carbons (Fsp3) is 0.467. The van der Waals surface area contributed by atoms with E-state index in [9.17, 15) is 0 Å². The summed E-state index contributed by atoms with van der Waals surface area (Å²) in [4.78, 5) is 4.58. The van der Waals surface area contributed by atoms with Gasteiger partial charge < -0.3 is 9.84 Å². The van der Waals surface area contributed by atoms with Gasteiger partial charge in [0.1, 0.15) is 0 Å². The molecule has 3 rings (SSSR count). The van der Waals surface area contributed by atoms with Gasteiger partial charge in [-0.25, -0.2) is 0 Å². The predicted octanol–water partition coefficient (Wildman–Crippen LogP) is 4.42. The smallest absolute Gasteiger partial charge is 0.247 e. The van der Waals surface area contributed by atoms with Crippen molar-refractivity contribution in [1.82, 2.24) is 15.5 Å². The van der Waals surface area contributed by atoms with E-state index in [1.165, 1.54) is 0 Å². The molecule has 112 valence electrons.